The number of aromatic nitrogens is 2. The normalized spacial score (nSPS) is 15.1. The van der Waals surface area contributed by atoms with Gasteiger partial charge in [-0.05, 0) is 24.7 Å². The van der Waals surface area contributed by atoms with Crippen molar-refractivity contribution in [1.82, 2.24) is 14.9 Å². The first-order valence-electron chi connectivity index (χ1n) is 7.23. The Bertz CT molecular complexity index is 673. The van der Waals surface area contributed by atoms with Crippen LogP contribution in [0.15, 0.2) is 36.8 Å². The highest BCUT2D eigenvalue weighted by Crippen LogP contribution is 2.27. The molecule has 0 fully saturated rings. The minimum absolute atomic E-state index is 0.249. The summed E-state index contributed by atoms with van der Waals surface area (Å²) in [6.45, 7) is 2.90. The van der Waals surface area contributed by atoms with Gasteiger partial charge in [0.1, 0.15) is 5.69 Å². The zero-order chi connectivity index (χ0) is 15.5. The second-order valence-corrected chi connectivity index (χ2v) is 5.55. The van der Waals surface area contributed by atoms with Gasteiger partial charge in [-0.2, -0.15) is 0 Å². The van der Waals surface area contributed by atoms with Gasteiger partial charge in [-0.25, -0.2) is 4.98 Å². The van der Waals surface area contributed by atoms with E-state index in [1.807, 2.05) is 12.1 Å². The number of likely N-dealkylation sites (N-methyl/N-ethyl adjacent to an activating group) is 2. The molecule has 1 N–H and O–H groups in total. The maximum absolute atomic E-state index is 12.1. The Morgan fingerprint density at radius 1 is 1.23 bits per heavy atom. The van der Waals surface area contributed by atoms with Gasteiger partial charge in [-0.15, -0.1) is 0 Å². The van der Waals surface area contributed by atoms with E-state index in [0.717, 1.165) is 31.0 Å². The molecule has 0 radical (unpaired) electrons. The van der Waals surface area contributed by atoms with Crippen molar-refractivity contribution < 1.29 is 4.79 Å². The Morgan fingerprint density at radius 2 is 2.09 bits per heavy atom. The molecule has 1 aromatic carbocycles. The summed E-state index contributed by atoms with van der Waals surface area (Å²) < 4.78 is 0. The van der Waals surface area contributed by atoms with Crippen LogP contribution in [0.1, 0.15) is 16.1 Å². The summed E-state index contributed by atoms with van der Waals surface area (Å²) in [6.07, 6.45) is 4.51. The molecule has 0 saturated carbocycles. The van der Waals surface area contributed by atoms with Crippen LogP contribution >= 0.6 is 0 Å². The Kier molecular flexibility index (Phi) is 4.02. The lowest BCUT2D eigenvalue weighted by molar-refractivity contribution is 0.102. The van der Waals surface area contributed by atoms with E-state index in [1.165, 1.54) is 18.0 Å². The first kappa shape index (κ1) is 14.5. The van der Waals surface area contributed by atoms with Gasteiger partial charge in [0.25, 0.3) is 5.91 Å². The maximum Gasteiger partial charge on any atom is 0.275 e. The standard InChI is InChI=1S/C16H19N5O/c1-20-7-8-21(2)15-9-13(4-3-12(15)11-20)19-16(22)14-10-17-5-6-18-14/h3-6,9-10H,7-8,11H2,1-2H3,(H,19,22). The molecular formula is C16H19N5O. The Labute approximate surface area is 129 Å². The summed E-state index contributed by atoms with van der Waals surface area (Å²) in [6, 6.07) is 6.02. The predicted octanol–water partition coefficient (Wildman–Crippen LogP) is 1.61. The molecule has 1 amide bonds. The van der Waals surface area contributed by atoms with Gasteiger partial charge in [0.2, 0.25) is 0 Å². The lowest BCUT2D eigenvalue weighted by Crippen LogP contribution is -2.26. The molecule has 0 spiro atoms. The molecule has 2 aromatic rings. The molecule has 1 aliphatic rings. The van der Waals surface area contributed by atoms with Crippen LogP contribution in [0.4, 0.5) is 11.4 Å². The zero-order valence-electron chi connectivity index (χ0n) is 12.8. The monoisotopic (exact) mass is 297 g/mol. The van der Waals surface area contributed by atoms with Crippen LogP contribution in [0.2, 0.25) is 0 Å². The smallest absolute Gasteiger partial charge is 0.275 e. The Morgan fingerprint density at radius 3 is 2.86 bits per heavy atom. The Hall–Kier alpha value is -2.47. The van der Waals surface area contributed by atoms with Crippen molar-refractivity contribution in [3.8, 4) is 0 Å². The summed E-state index contributed by atoms with van der Waals surface area (Å²) in [5, 5.41) is 2.88. The molecule has 0 bridgehead atoms. The zero-order valence-corrected chi connectivity index (χ0v) is 12.8. The van der Waals surface area contributed by atoms with Crippen LogP contribution in [-0.2, 0) is 6.54 Å². The highest BCUT2D eigenvalue weighted by Gasteiger charge is 2.16. The van der Waals surface area contributed by atoms with Crippen molar-refractivity contribution in [2.24, 2.45) is 0 Å². The van der Waals surface area contributed by atoms with E-state index in [0.29, 0.717) is 5.69 Å². The molecule has 0 aliphatic carbocycles. The number of carbonyl (C=O) groups is 1. The second-order valence-electron chi connectivity index (χ2n) is 5.55. The van der Waals surface area contributed by atoms with E-state index in [1.54, 1.807) is 6.20 Å². The van der Waals surface area contributed by atoms with Crippen LogP contribution in [0.5, 0.6) is 0 Å². The fraction of sp³-hybridized carbons (Fsp3) is 0.312. The summed E-state index contributed by atoms with van der Waals surface area (Å²) >= 11 is 0. The van der Waals surface area contributed by atoms with E-state index in [9.17, 15) is 4.79 Å². The lowest BCUT2D eigenvalue weighted by Gasteiger charge is -2.19. The van der Waals surface area contributed by atoms with Crippen molar-refractivity contribution in [1.29, 1.82) is 0 Å². The molecule has 6 heteroatoms. The molecule has 0 atom stereocenters. The molecule has 0 saturated heterocycles. The number of carbonyl (C=O) groups excluding carboxylic acids is 1. The van der Waals surface area contributed by atoms with E-state index in [2.05, 4.69) is 45.2 Å². The van der Waals surface area contributed by atoms with Crippen LogP contribution < -0.4 is 10.2 Å². The van der Waals surface area contributed by atoms with E-state index in [4.69, 9.17) is 0 Å². The summed E-state index contributed by atoms with van der Waals surface area (Å²) in [4.78, 5) is 24.6. The van der Waals surface area contributed by atoms with Gasteiger partial charge in [0, 0.05) is 50.5 Å². The van der Waals surface area contributed by atoms with Gasteiger partial charge < -0.3 is 15.1 Å². The highest BCUT2D eigenvalue weighted by atomic mass is 16.1. The number of amides is 1. The molecule has 1 aliphatic heterocycles. The predicted molar refractivity (Wildman–Crippen MR) is 86.0 cm³/mol. The minimum atomic E-state index is -0.249. The van der Waals surface area contributed by atoms with E-state index in [-0.39, 0.29) is 5.91 Å². The lowest BCUT2D eigenvalue weighted by atomic mass is 10.1. The van der Waals surface area contributed by atoms with E-state index < -0.39 is 0 Å². The number of anilines is 2. The molecule has 6 nitrogen and oxygen atoms in total. The first-order valence-corrected chi connectivity index (χ1v) is 7.23. The van der Waals surface area contributed by atoms with Crippen molar-refractivity contribution in [3.63, 3.8) is 0 Å². The molecule has 0 unspecified atom stereocenters. The number of hydrogen-bond donors (Lipinski definition) is 1. The third-order valence-electron chi connectivity index (χ3n) is 3.81. The molecule has 3 rings (SSSR count). The minimum Gasteiger partial charge on any atom is -0.373 e. The second kappa shape index (κ2) is 6.11. The van der Waals surface area contributed by atoms with Crippen LogP contribution in [0.25, 0.3) is 0 Å². The third kappa shape index (κ3) is 3.07. The molecule has 114 valence electrons. The van der Waals surface area contributed by atoms with Crippen molar-refractivity contribution in [2.75, 3.05) is 37.4 Å². The van der Waals surface area contributed by atoms with Gasteiger partial charge in [0.05, 0.1) is 6.20 Å². The largest absolute Gasteiger partial charge is 0.373 e. The maximum atomic E-state index is 12.1. The van der Waals surface area contributed by atoms with Crippen molar-refractivity contribution in [3.05, 3.63) is 48.0 Å². The average Bonchev–Trinajstić information content (AvgIpc) is 2.68. The van der Waals surface area contributed by atoms with Gasteiger partial charge >= 0.3 is 0 Å². The number of nitrogens with zero attached hydrogens (tertiary/aromatic N) is 4. The summed E-state index contributed by atoms with van der Waals surface area (Å²) in [5.41, 5.74) is 3.50. The fourth-order valence-electron chi connectivity index (χ4n) is 2.55. The summed E-state index contributed by atoms with van der Waals surface area (Å²) in [5.74, 6) is -0.249. The van der Waals surface area contributed by atoms with Crippen molar-refractivity contribution >= 4 is 17.3 Å². The number of hydrogen-bond acceptors (Lipinski definition) is 5. The number of nitrogens with one attached hydrogen (secondary N) is 1. The van der Waals surface area contributed by atoms with Gasteiger partial charge in [-0.3, -0.25) is 9.78 Å². The SMILES string of the molecule is CN1CCN(C)c2cc(NC(=O)c3cnccn3)ccc2C1. The van der Waals surface area contributed by atoms with Crippen molar-refractivity contribution in [2.45, 2.75) is 6.54 Å². The number of rotatable bonds is 2. The van der Waals surface area contributed by atoms with E-state index >= 15 is 0 Å². The third-order valence-corrected chi connectivity index (χ3v) is 3.81. The quantitative estimate of drug-likeness (QED) is 0.912. The first-order chi connectivity index (χ1) is 10.6. The molecule has 22 heavy (non-hydrogen) atoms. The highest BCUT2D eigenvalue weighted by molar-refractivity contribution is 6.02. The summed E-state index contributed by atoms with van der Waals surface area (Å²) in [7, 11) is 4.19. The number of fused-ring (bicyclic) bond motifs is 1. The Balaban J connectivity index is 1.83. The molecule has 1 aromatic heterocycles. The van der Waals surface area contributed by atoms with Crippen LogP contribution in [0.3, 0.4) is 0 Å². The van der Waals surface area contributed by atoms with Crippen LogP contribution in [0, 0.1) is 0 Å². The average molecular weight is 297 g/mol. The molecular weight excluding hydrogens is 278 g/mol. The fourth-order valence-corrected chi connectivity index (χ4v) is 2.55. The van der Waals surface area contributed by atoms with Gasteiger partial charge in [-0.1, -0.05) is 6.07 Å². The topological polar surface area (TPSA) is 61.4 Å². The van der Waals surface area contributed by atoms with Crippen LogP contribution in [-0.4, -0.2) is 48.0 Å². The molecule has 2 heterocycles. The van der Waals surface area contributed by atoms with Gasteiger partial charge in [0.15, 0.2) is 0 Å². The number of benzene rings is 1.